The minimum atomic E-state index is 0.0544. The molecule has 0 saturated carbocycles. The van der Waals surface area contributed by atoms with Crippen molar-refractivity contribution < 1.29 is 9.47 Å². The van der Waals surface area contributed by atoms with E-state index in [1.165, 1.54) is 4.88 Å². The Balaban J connectivity index is 2.77. The smallest absolute Gasteiger partial charge is 0.0593 e. The van der Waals surface area contributed by atoms with Crippen molar-refractivity contribution in [3.8, 4) is 0 Å². The van der Waals surface area contributed by atoms with Gasteiger partial charge in [-0.25, -0.2) is 0 Å². The molecule has 0 aliphatic carbocycles. The molecule has 1 aromatic rings. The average molecular weight is 379 g/mol. The second-order valence-corrected chi connectivity index (χ2v) is 6.76. The van der Waals surface area contributed by atoms with Crippen LogP contribution in [0.15, 0.2) is 15.9 Å². The third-order valence-electron chi connectivity index (χ3n) is 3.22. The van der Waals surface area contributed by atoms with E-state index in [9.17, 15) is 0 Å². The third-order valence-corrected chi connectivity index (χ3v) is 4.99. The van der Waals surface area contributed by atoms with E-state index in [1.54, 1.807) is 11.3 Å². The van der Waals surface area contributed by atoms with Gasteiger partial charge in [0.1, 0.15) is 0 Å². The van der Waals surface area contributed by atoms with Gasteiger partial charge in [0.25, 0.3) is 0 Å². The molecule has 6 heteroatoms. The number of nitrogens with zero attached hydrogens (tertiary/aromatic N) is 1. The second-order valence-electron chi connectivity index (χ2n) is 4.90. The van der Waals surface area contributed by atoms with Crippen LogP contribution in [0.1, 0.15) is 31.7 Å². The highest BCUT2D eigenvalue weighted by molar-refractivity contribution is 9.10. The summed E-state index contributed by atoms with van der Waals surface area (Å²) in [6.45, 7) is 10.8. The summed E-state index contributed by atoms with van der Waals surface area (Å²) in [6, 6.07) is 2.41. The number of nitrogens with two attached hydrogens (primary N) is 1. The van der Waals surface area contributed by atoms with Crippen molar-refractivity contribution >= 4 is 27.3 Å². The fourth-order valence-electron chi connectivity index (χ4n) is 2.30. The predicted octanol–water partition coefficient (Wildman–Crippen LogP) is 3.27. The van der Waals surface area contributed by atoms with Crippen LogP contribution in [0.3, 0.4) is 0 Å². The zero-order valence-corrected chi connectivity index (χ0v) is 15.6. The highest BCUT2D eigenvalue weighted by atomic mass is 79.9. The van der Waals surface area contributed by atoms with Crippen molar-refractivity contribution in [1.29, 1.82) is 0 Å². The summed E-state index contributed by atoms with van der Waals surface area (Å²) in [6.07, 6.45) is 0. The van der Waals surface area contributed by atoms with E-state index >= 15 is 0 Å². The Morgan fingerprint density at radius 2 is 1.81 bits per heavy atom. The monoisotopic (exact) mass is 378 g/mol. The van der Waals surface area contributed by atoms with Gasteiger partial charge in [0, 0.05) is 47.1 Å². The quantitative estimate of drug-likeness (QED) is 0.600. The molecule has 122 valence electrons. The van der Waals surface area contributed by atoms with Gasteiger partial charge < -0.3 is 15.2 Å². The molecule has 0 aromatic carbocycles. The molecule has 0 aliphatic heterocycles. The second kappa shape index (κ2) is 10.7. The first-order valence-corrected chi connectivity index (χ1v) is 9.16. The van der Waals surface area contributed by atoms with Crippen molar-refractivity contribution in [3.63, 3.8) is 0 Å². The molecule has 0 amide bonds. The molecule has 2 N–H and O–H groups in total. The molecular formula is C15H27BrN2O2S. The predicted molar refractivity (Wildman–Crippen MR) is 93.0 cm³/mol. The SMILES string of the molecule is CCOCCN(CCOCC)C(c1cc(Br)cs1)C(C)N. The molecule has 21 heavy (non-hydrogen) atoms. The molecule has 0 aliphatic rings. The fraction of sp³-hybridized carbons (Fsp3) is 0.733. The Morgan fingerprint density at radius 1 is 1.24 bits per heavy atom. The summed E-state index contributed by atoms with van der Waals surface area (Å²) in [5, 5.41) is 2.11. The summed E-state index contributed by atoms with van der Waals surface area (Å²) >= 11 is 5.27. The summed E-state index contributed by atoms with van der Waals surface area (Å²) in [5.74, 6) is 0. The van der Waals surface area contributed by atoms with Gasteiger partial charge in [-0.3, -0.25) is 4.90 Å². The number of hydrogen-bond donors (Lipinski definition) is 1. The Morgan fingerprint density at radius 3 is 2.19 bits per heavy atom. The molecule has 0 fully saturated rings. The first-order chi connectivity index (χ1) is 10.1. The number of halogens is 1. The number of thiophene rings is 1. The lowest BCUT2D eigenvalue weighted by Crippen LogP contribution is -2.42. The van der Waals surface area contributed by atoms with Gasteiger partial charge in [-0.2, -0.15) is 0 Å². The van der Waals surface area contributed by atoms with Crippen LogP contribution in [0.5, 0.6) is 0 Å². The molecule has 0 radical (unpaired) electrons. The van der Waals surface area contributed by atoms with Crippen molar-refractivity contribution in [3.05, 3.63) is 20.8 Å². The van der Waals surface area contributed by atoms with Crippen molar-refractivity contribution in [2.24, 2.45) is 5.73 Å². The lowest BCUT2D eigenvalue weighted by Gasteiger charge is -2.33. The van der Waals surface area contributed by atoms with Gasteiger partial charge in [-0.15, -0.1) is 11.3 Å². The summed E-state index contributed by atoms with van der Waals surface area (Å²) < 4.78 is 12.1. The number of rotatable bonds is 11. The van der Waals surface area contributed by atoms with Crippen LogP contribution in [0, 0.1) is 0 Å². The van der Waals surface area contributed by atoms with Crippen LogP contribution in [0.4, 0.5) is 0 Å². The van der Waals surface area contributed by atoms with Gasteiger partial charge in [0.05, 0.1) is 19.3 Å². The van der Waals surface area contributed by atoms with Crippen molar-refractivity contribution in [2.45, 2.75) is 32.9 Å². The fourth-order valence-corrected chi connectivity index (χ4v) is 3.99. The Kier molecular flexibility index (Phi) is 9.71. The van der Waals surface area contributed by atoms with Gasteiger partial charge in [-0.1, -0.05) is 0 Å². The van der Waals surface area contributed by atoms with Crippen LogP contribution in [-0.4, -0.2) is 50.5 Å². The minimum absolute atomic E-state index is 0.0544. The minimum Gasteiger partial charge on any atom is -0.380 e. The summed E-state index contributed by atoms with van der Waals surface area (Å²) in [4.78, 5) is 3.65. The maximum Gasteiger partial charge on any atom is 0.0593 e. The van der Waals surface area contributed by atoms with Crippen molar-refractivity contribution in [1.82, 2.24) is 4.90 Å². The van der Waals surface area contributed by atoms with Gasteiger partial charge in [0.2, 0.25) is 0 Å². The van der Waals surface area contributed by atoms with E-state index in [4.69, 9.17) is 15.2 Å². The van der Waals surface area contributed by atoms with Gasteiger partial charge in [-0.05, 0) is 42.8 Å². The standard InChI is InChI=1S/C15H27BrN2O2S/c1-4-19-8-6-18(7-9-20-5-2)15(12(3)17)14-10-13(16)11-21-14/h10-12,15H,4-9,17H2,1-3H3. The largest absolute Gasteiger partial charge is 0.380 e. The van der Waals surface area contributed by atoms with E-state index < -0.39 is 0 Å². The van der Waals surface area contributed by atoms with E-state index in [0.29, 0.717) is 0 Å². The zero-order chi connectivity index (χ0) is 15.7. The molecule has 2 unspecified atom stereocenters. The van der Waals surface area contributed by atoms with Gasteiger partial charge in [0.15, 0.2) is 0 Å². The van der Waals surface area contributed by atoms with Crippen LogP contribution in [0.2, 0.25) is 0 Å². The zero-order valence-electron chi connectivity index (χ0n) is 13.2. The molecule has 4 nitrogen and oxygen atoms in total. The van der Waals surface area contributed by atoms with E-state index in [2.05, 4.69) is 39.2 Å². The average Bonchev–Trinajstić information content (AvgIpc) is 2.85. The molecule has 1 rings (SSSR count). The molecule has 0 saturated heterocycles. The van der Waals surface area contributed by atoms with Crippen LogP contribution in [-0.2, 0) is 9.47 Å². The maximum atomic E-state index is 6.26. The van der Waals surface area contributed by atoms with Crippen LogP contribution in [0.25, 0.3) is 0 Å². The van der Waals surface area contributed by atoms with Crippen LogP contribution >= 0.6 is 27.3 Å². The molecule has 1 aromatic heterocycles. The lowest BCUT2D eigenvalue weighted by atomic mass is 10.1. The van der Waals surface area contributed by atoms with Crippen LogP contribution < -0.4 is 5.73 Å². The van der Waals surface area contributed by atoms with Gasteiger partial charge >= 0.3 is 0 Å². The maximum absolute atomic E-state index is 6.26. The Labute approximate surface area is 140 Å². The summed E-state index contributed by atoms with van der Waals surface area (Å²) in [7, 11) is 0. The normalized spacial score (nSPS) is 14.6. The third kappa shape index (κ3) is 6.76. The first kappa shape index (κ1) is 19.1. The van der Waals surface area contributed by atoms with E-state index in [0.717, 1.165) is 44.0 Å². The molecule has 0 bridgehead atoms. The number of ether oxygens (including phenoxy) is 2. The highest BCUT2D eigenvalue weighted by Gasteiger charge is 2.25. The van der Waals surface area contributed by atoms with E-state index in [1.807, 2.05) is 13.8 Å². The topological polar surface area (TPSA) is 47.7 Å². The highest BCUT2D eigenvalue weighted by Crippen LogP contribution is 2.31. The Bertz CT molecular complexity index is 378. The van der Waals surface area contributed by atoms with Crippen molar-refractivity contribution in [2.75, 3.05) is 39.5 Å². The molecular weight excluding hydrogens is 352 g/mol. The molecule has 1 heterocycles. The molecule has 0 spiro atoms. The van der Waals surface area contributed by atoms with E-state index in [-0.39, 0.29) is 12.1 Å². The number of hydrogen-bond acceptors (Lipinski definition) is 5. The lowest BCUT2D eigenvalue weighted by molar-refractivity contribution is 0.0581. The Hall–Kier alpha value is 0.0200. The summed E-state index contributed by atoms with van der Waals surface area (Å²) in [5.41, 5.74) is 6.26. The first-order valence-electron chi connectivity index (χ1n) is 7.49. The molecule has 2 atom stereocenters.